The Morgan fingerprint density at radius 1 is 1.28 bits per heavy atom. The van der Waals surface area contributed by atoms with E-state index in [-0.39, 0.29) is 6.04 Å². The van der Waals surface area contributed by atoms with Crippen molar-refractivity contribution in [3.63, 3.8) is 0 Å². The summed E-state index contributed by atoms with van der Waals surface area (Å²) >= 11 is 0. The third-order valence-electron chi connectivity index (χ3n) is 3.75. The lowest BCUT2D eigenvalue weighted by atomic mass is 10.00. The SMILES string of the molecule is CCCNC(C)c1nc(C2CCCCCC2)no1. The predicted molar refractivity (Wildman–Crippen MR) is 71.4 cm³/mol. The van der Waals surface area contributed by atoms with Crippen LogP contribution in [-0.4, -0.2) is 16.7 Å². The average Bonchev–Trinajstić information content (AvgIpc) is 2.72. The van der Waals surface area contributed by atoms with E-state index in [0.717, 1.165) is 24.7 Å². The Hall–Kier alpha value is -0.900. The summed E-state index contributed by atoms with van der Waals surface area (Å²) in [6.07, 6.45) is 8.88. The summed E-state index contributed by atoms with van der Waals surface area (Å²) in [6.45, 7) is 5.23. The van der Waals surface area contributed by atoms with Gasteiger partial charge in [-0.25, -0.2) is 0 Å². The van der Waals surface area contributed by atoms with Crippen LogP contribution in [0, 0.1) is 0 Å². The summed E-state index contributed by atoms with van der Waals surface area (Å²) in [7, 11) is 0. The lowest BCUT2D eigenvalue weighted by molar-refractivity contribution is 0.333. The van der Waals surface area contributed by atoms with Crippen LogP contribution in [0.3, 0.4) is 0 Å². The van der Waals surface area contributed by atoms with Gasteiger partial charge in [0.25, 0.3) is 0 Å². The molecule has 1 fully saturated rings. The second-order valence-corrected chi connectivity index (χ2v) is 5.36. The minimum Gasteiger partial charge on any atom is -0.338 e. The molecule has 102 valence electrons. The third-order valence-corrected chi connectivity index (χ3v) is 3.75. The smallest absolute Gasteiger partial charge is 0.243 e. The highest BCUT2D eigenvalue weighted by atomic mass is 16.5. The van der Waals surface area contributed by atoms with E-state index in [4.69, 9.17) is 4.52 Å². The van der Waals surface area contributed by atoms with Crippen LogP contribution in [0.15, 0.2) is 4.52 Å². The van der Waals surface area contributed by atoms with Crippen molar-refractivity contribution in [3.8, 4) is 0 Å². The fourth-order valence-electron chi connectivity index (χ4n) is 2.57. The predicted octanol–water partition coefficient (Wildman–Crippen LogP) is 3.57. The van der Waals surface area contributed by atoms with Crippen LogP contribution >= 0.6 is 0 Å². The van der Waals surface area contributed by atoms with E-state index in [1.165, 1.54) is 38.5 Å². The van der Waals surface area contributed by atoms with Crippen molar-refractivity contribution in [3.05, 3.63) is 11.7 Å². The molecule has 0 radical (unpaired) electrons. The molecular weight excluding hydrogens is 226 g/mol. The Morgan fingerprint density at radius 2 is 2.00 bits per heavy atom. The van der Waals surface area contributed by atoms with E-state index < -0.39 is 0 Å². The third kappa shape index (κ3) is 3.55. The molecule has 0 aromatic carbocycles. The molecule has 2 rings (SSSR count). The van der Waals surface area contributed by atoms with Crippen molar-refractivity contribution < 1.29 is 4.52 Å². The Morgan fingerprint density at radius 3 is 2.67 bits per heavy atom. The van der Waals surface area contributed by atoms with Gasteiger partial charge in [-0.15, -0.1) is 0 Å². The van der Waals surface area contributed by atoms with Gasteiger partial charge < -0.3 is 9.84 Å². The fourth-order valence-corrected chi connectivity index (χ4v) is 2.57. The molecule has 1 unspecified atom stereocenters. The number of aromatic nitrogens is 2. The summed E-state index contributed by atoms with van der Waals surface area (Å²) in [5.41, 5.74) is 0. The topological polar surface area (TPSA) is 51.0 Å². The first-order valence-electron chi connectivity index (χ1n) is 7.38. The summed E-state index contributed by atoms with van der Waals surface area (Å²) in [5.74, 6) is 2.18. The minimum atomic E-state index is 0.164. The maximum Gasteiger partial charge on any atom is 0.243 e. The zero-order valence-corrected chi connectivity index (χ0v) is 11.6. The molecule has 1 aromatic rings. The maximum absolute atomic E-state index is 5.39. The highest BCUT2D eigenvalue weighted by Crippen LogP contribution is 2.30. The normalized spacial score (nSPS) is 19.7. The van der Waals surface area contributed by atoms with E-state index in [9.17, 15) is 0 Å². The summed E-state index contributed by atoms with van der Waals surface area (Å²) in [6, 6.07) is 0.164. The second-order valence-electron chi connectivity index (χ2n) is 5.36. The molecule has 1 aliphatic rings. The Kier molecular flexibility index (Phi) is 5.17. The first-order valence-corrected chi connectivity index (χ1v) is 7.38. The van der Waals surface area contributed by atoms with Crippen LogP contribution < -0.4 is 5.32 Å². The first kappa shape index (κ1) is 13.5. The van der Waals surface area contributed by atoms with Crippen molar-refractivity contribution in [1.82, 2.24) is 15.5 Å². The number of hydrogen-bond donors (Lipinski definition) is 1. The van der Waals surface area contributed by atoms with Gasteiger partial charge in [-0.2, -0.15) is 4.98 Å². The van der Waals surface area contributed by atoms with E-state index in [1.54, 1.807) is 0 Å². The standard InChI is InChI=1S/C14H25N3O/c1-3-10-15-11(2)14-16-13(17-18-14)12-8-6-4-5-7-9-12/h11-12,15H,3-10H2,1-2H3. The Labute approximate surface area is 110 Å². The van der Waals surface area contributed by atoms with Gasteiger partial charge in [0.15, 0.2) is 5.82 Å². The van der Waals surface area contributed by atoms with Gasteiger partial charge in [-0.05, 0) is 32.7 Å². The molecule has 0 bridgehead atoms. The molecule has 1 heterocycles. The van der Waals surface area contributed by atoms with Crippen molar-refractivity contribution in [2.75, 3.05) is 6.54 Å². The van der Waals surface area contributed by atoms with Crippen molar-refractivity contribution in [2.24, 2.45) is 0 Å². The molecule has 0 saturated heterocycles. The molecule has 0 aliphatic heterocycles. The van der Waals surface area contributed by atoms with E-state index >= 15 is 0 Å². The molecule has 0 amide bonds. The van der Waals surface area contributed by atoms with Gasteiger partial charge in [-0.1, -0.05) is 37.8 Å². The molecule has 1 saturated carbocycles. The zero-order chi connectivity index (χ0) is 12.8. The molecule has 1 aliphatic carbocycles. The van der Waals surface area contributed by atoms with Crippen LogP contribution in [0.2, 0.25) is 0 Å². The Bertz CT molecular complexity index is 343. The van der Waals surface area contributed by atoms with Gasteiger partial charge in [0, 0.05) is 5.92 Å². The maximum atomic E-state index is 5.39. The van der Waals surface area contributed by atoms with Gasteiger partial charge in [0.2, 0.25) is 5.89 Å². The largest absolute Gasteiger partial charge is 0.338 e. The van der Waals surface area contributed by atoms with Crippen molar-refractivity contribution in [1.29, 1.82) is 0 Å². The monoisotopic (exact) mass is 251 g/mol. The van der Waals surface area contributed by atoms with Crippen LogP contribution in [0.5, 0.6) is 0 Å². The van der Waals surface area contributed by atoms with Crippen molar-refractivity contribution >= 4 is 0 Å². The van der Waals surface area contributed by atoms with E-state index in [1.807, 2.05) is 0 Å². The lowest BCUT2D eigenvalue weighted by Gasteiger charge is -2.08. The van der Waals surface area contributed by atoms with Gasteiger partial charge in [0.05, 0.1) is 6.04 Å². The minimum absolute atomic E-state index is 0.164. The number of hydrogen-bond acceptors (Lipinski definition) is 4. The number of nitrogens with zero attached hydrogens (tertiary/aromatic N) is 2. The quantitative estimate of drug-likeness (QED) is 0.813. The second kappa shape index (κ2) is 6.88. The first-order chi connectivity index (χ1) is 8.81. The van der Waals surface area contributed by atoms with Gasteiger partial charge in [-0.3, -0.25) is 0 Å². The molecule has 18 heavy (non-hydrogen) atoms. The molecule has 1 N–H and O–H groups in total. The fraction of sp³-hybridized carbons (Fsp3) is 0.857. The lowest BCUT2D eigenvalue weighted by Crippen LogP contribution is -2.19. The highest BCUT2D eigenvalue weighted by Gasteiger charge is 2.21. The number of nitrogens with one attached hydrogen (secondary N) is 1. The highest BCUT2D eigenvalue weighted by molar-refractivity contribution is 4.98. The summed E-state index contributed by atoms with van der Waals surface area (Å²) < 4.78 is 5.39. The van der Waals surface area contributed by atoms with E-state index in [0.29, 0.717) is 5.92 Å². The average molecular weight is 251 g/mol. The molecule has 0 spiro atoms. The summed E-state index contributed by atoms with van der Waals surface area (Å²) in [5, 5.41) is 7.57. The van der Waals surface area contributed by atoms with Crippen molar-refractivity contribution in [2.45, 2.75) is 70.8 Å². The molecular formula is C14H25N3O. The van der Waals surface area contributed by atoms with Crippen LogP contribution in [0.4, 0.5) is 0 Å². The molecule has 1 aromatic heterocycles. The van der Waals surface area contributed by atoms with E-state index in [2.05, 4.69) is 29.3 Å². The van der Waals surface area contributed by atoms with Gasteiger partial charge in [0.1, 0.15) is 0 Å². The summed E-state index contributed by atoms with van der Waals surface area (Å²) in [4.78, 5) is 4.59. The zero-order valence-electron chi connectivity index (χ0n) is 11.6. The van der Waals surface area contributed by atoms with Crippen LogP contribution in [-0.2, 0) is 0 Å². The molecule has 1 atom stereocenters. The molecule has 4 heteroatoms. The van der Waals surface area contributed by atoms with Gasteiger partial charge >= 0.3 is 0 Å². The molecule has 4 nitrogen and oxygen atoms in total. The van der Waals surface area contributed by atoms with Crippen LogP contribution in [0.1, 0.15) is 82.5 Å². The Balaban J connectivity index is 1.95. The van der Waals surface area contributed by atoms with Crippen LogP contribution in [0.25, 0.3) is 0 Å². The number of rotatable bonds is 5.